The average Bonchev–Trinajstić information content (AvgIpc) is 2.59. The molecule has 7 nitrogen and oxygen atoms in total. The molecule has 0 aromatic carbocycles. The number of nitrogens with zero attached hydrogens (tertiary/aromatic N) is 2. The van der Waals surface area contributed by atoms with Crippen LogP contribution in [0.2, 0.25) is 0 Å². The second-order valence-corrected chi connectivity index (χ2v) is 7.66. The first-order valence-electron chi connectivity index (χ1n) is 10.1. The Hall–Kier alpha value is -1.50. The molecule has 7 heteroatoms. The van der Waals surface area contributed by atoms with Crippen molar-refractivity contribution in [3.05, 3.63) is 0 Å². The number of rotatable bonds is 5. The number of carbonyl (C=O) groups is 1. The molecule has 0 aromatic rings. The first-order valence-corrected chi connectivity index (χ1v) is 10.1. The maximum atomic E-state index is 11.6. The molecule has 1 heterocycles. The lowest BCUT2D eigenvalue weighted by molar-refractivity contribution is -0.168. The Morgan fingerprint density at radius 2 is 1.96 bits per heavy atom. The van der Waals surface area contributed by atoms with Crippen LogP contribution in [-0.4, -0.2) is 68.5 Å². The molecule has 148 valence electrons. The zero-order chi connectivity index (χ0) is 18.6. The third-order valence-electron chi connectivity index (χ3n) is 6.33. The summed E-state index contributed by atoms with van der Waals surface area (Å²) < 4.78 is 10.8. The minimum atomic E-state index is -0.229. The summed E-state index contributed by atoms with van der Waals surface area (Å²) in [5.41, 5.74) is 0.320. The fourth-order valence-corrected chi connectivity index (χ4v) is 4.63. The summed E-state index contributed by atoms with van der Waals surface area (Å²) in [5.74, 6) is 0.912. The van der Waals surface area contributed by atoms with Gasteiger partial charge >= 0.3 is 6.09 Å². The highest BCUT2D eigenvalue weighted by Gasteiger charge is 2.59. The maximum Gasteiger partial charge on any atom is 0.409 e. The van der Waals surface area contributed by atoms with E-state index in [9.17, 15) is 4.79 Å². The zero-order valence-corrected chi connectivity index (χ0v) is 16.4. The van der Waals surface area contributed by atoms with Crippen molar-refractivity contribution < 1.29 is 14.3 Å². The number of hydrogen-bond donors (Lipinski definition) is 2. The van der Waals surface area contributed by atoms with E-state index in [1.54, 1.807) is 4.90 Å². The number of likely N-dealkylation sites (tertiary alicyclic amines) is 1. The van der Waals surface area contributed by atoms with E-state index < -0.39 is 0 Å². The Balaban J connectivity index is 1.51. The van der Waals surface area contributed by atoms with E-state index in [4.69, 9.17) is 9.47 Å². The van der Waals surface area contributed by atoms with Gasteiger partial charge in [0.25, 0.3) is 0 Å². The van der Waals surface area contributed by atoms with E-state index in [0.717, 1.165) is 51.5 Å². The normalized spacial score (nSPS) is 28.3. The summed E-state index contributed by atoms with van der Waals surface area (Å²) in [4.78, 5) is 18.0. The molecule has 3 fully saturated rings. The van der Waals surface area contributed by atoms with Crippen molar-refractivity contribution in [3.8, 4) is 0 Å². The fraction of sp³-hybridized carbons (Fsp3) is 0.895. The maximum absolute atomic E-state index is 11.6. The van der Waals surface area contributed by atoms with E-state index in [-0.39, 0.29) is 6.09 Å². The molecule has 0 aromatic heterocycles. The van der Waals surface area contributed by atoms with Gasteiger partial charge in [0, 0.05) is 43.7 Å². The lowest BCUT2D eigenvalue weighted by Crippen LogP contribution is -2.69. The van der Waals surface area contributed by atoms with Crippen molar-refractivity contribution >= 4 is 12.1 Å². The van der Waals surface area contributed by atoms with Gasteiger partial charge in [-0.3, -0.25) is 4.99 Å². The van der Waals surface area contributed by atoms with Crippen LogP contribution in [0.4, 0.5) is 4.79 Å². The highest BCUT2D eigenvalue weighted by molar-refractivity contribution is 5.80. The van der Waals surface area contributed by atoms with Crippen LogP contribution in [0.15, 0.2) is 4.99 Å². The Bertz CT molecular complexity index is 513. The average molecular weight is 367 g/mol. The molecule has 0 radical (unpaired) electrons. The SMILES string of the molecule is CCN=C(NC1CCN(C(=O)OC)CC1)NC1CC(OCC)C12CCC2. The predicted octanol–water partition coefficient (Wildman–Crippen LogP) is 2.12. The van der Waals surface area contributed by atoms with Crippen molar-refractivity contribution in [2.75, 3.05) is 33.4 Å². The zero-order valence-electron chi connectivity index (χ0n) is 16.4. The van der Waals surface area contributed by atoms with Gasteiger partial charge < -0.3 is 25.0 Å². The van der Waals surface area contributed by atoms with Gasteiger partial charge in [-0.05, 0) is 46.0 Å². The van der Waals surface area contributed by atoms with Gasteiger partial charge in [-0.2, -0.15) is 0 Å². The van der Waals surface area contributed by atoms with Gasteiger partial charge in [0.2, 0.25) is 0 Å². The summed E-state index contributed by atoms with van der Waals surface area (Å²) in [7, 11) is 1.44. The number of nitrogens with one attached hydrogen (secondary N) is 2. The Kier molecular flexibility index (Phi) is 6.27. The lowest BCUT2D eigenvalue weighted by atomic mass is 9.51. The van der Waals surface area contributed by atoms with Crippen LogP contribution >= 0.6 is 0 Å². The van der Waals surface area contributed by atoms with Crippen LogP contribution < -0.4 is 10.6 Å². The van der Waals surface area contributed by atoms with Gasteiger partial charge in [0.1, 0.15) is 0 Å². The van der Waals surface area contributed by atoms with Gasteiger partial charge in [-0.25, -0.2) is 4.79 Å². The van der Waals surface area contributed by atoms with E-state index in [1.807, 2.05) is 0 Å². The number of hydrogen-bond acceptors (Lipinski definition) is 4. The molecule has 1 spiro atoms. The molecular formula is C19H34N4O3. The Morgan fingerprint density at radius 3 is 2.50 bits per heavy atom. The first kappa shape index (κ1) is 19.3. The second kappa shape index (κ2) is 8.46. The molecule has 2 unspecified atom stereocenters. The molecule has 3 aliphatic rings. The van der Waals surface area contributed by atoms with Gasteiger partial charge in [0.05, 0.1) is 13.2 Å². The van der Waals surface area contributed by atoms with E-state index in [1.165, 1.54) is 26.4 Å². The van der Waals surface area contributed by atoms with Crippen molar-refractivity contribution in [2.45, 2.75) is 70.6 Å². The monoisotopic (exact) mass is 366 g/mol. The molecule has 0 bridgehead atoms. The number of guanidine groups is 1. The second-order valence-electron chi connectivity index (χ2n) is 7.66. The molecule has 2 aliphatic carbocycles. The van der Waals surface area contributed by atoms with Crippen molar-refractivity contribution in [3.63, 3.8) is 0 Å². The summed E-state index contributed by atoms with van der Waals surface area (Å²) in [5, 5.41) is 7.27. The Morgan fingerprint density at radius 1 is 1.23 bits per heavy atom. The lowest BCUT2D eigenvalue weighted by Gasteiger charge is -2.61. The molecule has 2 atom stereocenters. The number of ether oxygens (including phenoxy) is 2. The molecule has 3 rings (SSSR count). The number of carbonyl (C=O) groups excluding carboxylic acids is 1. The number of piperidine rings is 1. The van der Waals surface area contributed by atoms with Crippen LogP contribution in [0.3, 0.4) is 0 Å². The highest BCUT2D eigenvalue weighted by atomic mass is 16.5. The van der Waals surface area contributed by atoms with Crippen LogP contribution in [0.1, 0.15) is 52.4 Å². The van der Waals surface area contributed by atoms with Crippen LogP contribution in [0.5, 0.6) is 0 Å². The number of aliphatic imine (C=N–C) groups is 1. The minimum absolute atomic E-state index is 0.229. The van der Waals surface area contributed by atoms with E-state index in [0.29, 0.717) is 23.6 Å². The van der Waals surface area contributed by atoms with Crippen molar-refractivity contribution in [2.24, 2.45) is 10.4 Å². The van der Waals surface area contributed by atoms with Crippen LogP contribution in [0.25, 0.3) is 0 Å². The summed E-state index contributed by atoms with van der Waals surface area (Å²) in [6, 6.07) is 0.801. The highest BCUT2D eigenvalue weighted by Crippen LogP contribution is 2.57. The van der Waals surface area contributed by atoms with Crippen molar-refractivity contribution in [1.82, 2.24) is 15.5 Å². The first-order chi connectivity index (χ1) is 12.6. The molecule has 26 heavy (non-hydrogen) atoms. The van der Waals surface area contributed by atoms with Crippen LogP contribution in [0, 0.1) is 5.41 Å². The standard InChI is InChI=1S/C19H34N4O3/c1-4-20-17(21-14-7-11-23(12-8-14)18(24)25-3)22-15-13-16(26-5-2)19(15)9-6-10-19/h14-16H,4-13H2,1-3H3,(H2,20,21,22). The molecule has 2 N–H and O–H groups in total. The third-order valence-corrected chi connectivity index (χ3v) is 6.33. The Labute approximate surface area is 156 Å². The molecule has 1 saturated heterocycles. The van der Waals surface area contributed by atoms with E-state index in [2.05, 4.69) is 29.5 Å². The summed E-state index contributed by atoms with van der Waals surface area (Å²) >= 11 is 0. The third kappa shape index (κ3) is 3.77. The molecular weight excluding hydrogens is 332 g/mol. The molecule has 1 amide bonds. The number of amides is 1. The van der Waals surface area contributed by atoms with Gasteiger partial charge in [-0.1, -0.05) is 6.42 Å². The van der Waals surface area contributed by atoms with Gasteiger partial charge in [-0.15, -0.1) is 0 Å². The quantitative estimate of drug-likeness (QED) is 0.576. The largest absolute Gasteiger partial charge is 0.453 e. The van der Waals surface area contributed by atoms with Crippen molar-refractivity contribution in [1.29, 1.82) is 0 Å². The van der Waals surface area contributed by atoms with Gasteiger partial charge in [0.15, 0.2) is 5.96 Å². The fourth-order valence-electron chi connectivity index (χ4n) is 4.63. The topological polar surface area (TPSA) is 75.2 Å². The summed E-state index contributed by atoms with van der Waals surface area (Å²) in [6.07, 6.45) is 6.89. The minimum Gasteiger partial charge on any atom is -0.453 e. The molecule has 1 aliphatic heterocycles. The number of methoxy groups -OCH3 is 1. The smallest absolute Gasteiger partial charge is 0.409 e. The molecule has 2 saturated carbocycles. The predicted molar refractivity (Wildman–Crippen MR) is 101 cm³/mol. The van der Waals surface area contributed by atoms with E-state index >= 15 is 0 Å². The van der Waals surface area contributed by atoms with Crippen LogP contribution in [-0.2, 0) is 9.47 Å². The summed E-state index contributed by atoms with van der Waals surface area (Å²) in [6.45, 7) is 7.15.